The number of fused-ring (bicyclic) bond motifs is 1. The fourth-order valence-electron chi connectivity index (χ4n) is 2.08. The summed E-state index contributed by atoms with van der Waals surface area (Å²) in [5, 5.41) is 0. The first kappa shape index (κ1) is 12.0. The highest BCUT2D eigenvalue weighted by molar-refractivity contribution is 7.80. The number of nitrogens with zero attached hydrogens (tertiary/aromatic N) is 3. The van der Waals surface area contributed by atoms with Crippen LogP contribution in [0.1, 0.15) is 19.2 Å². The largest absolute Gasteiger partial charge is 0.393 e. The van der Waals surface area contributed by atoms with E-state index in [0.29, 0.717) is 19.5 Å². The lowest BCUT2D eigenvalue weighted by Gasteiger charge is -2.30. The van der Waals surface area contributed by atoms with Gasteiger partial charge >= 0.3 is 0 Å². The van der Waals surface area contributed by atoms with Crippen molar-refractivity contribution in [2.24, 2.45) is 11.7 Å². The normalized spacial score (nSPS) is 16.4. The number of carbonyl (C=O) groups is 1. The lowest BCUT2D eigenvalue weighted by molar-refractivity contribution is -0.134. The summed E-state index contributed by atoms with van der Waals surface area (Å²) in [4.78, 5) is 18.5. The molecule has 2 heterocycles. The number of thiocarbonyl (C=S) groups is 1. The van der Waals surface area contributed by atoms with Gasteiger partial charge in [0.15, 0.2) is 0 Å². The molecule has 0 radical (unpaired) electrons. The van der Waals surface area contributed by atoms with Gasteiger partial charge in [0.25, 0.3) is 0 Å². The van der Waals surface area contributed by atoms with Crippen molar-refractivity contribution in [1.29, 1.82) is 0 Å². The highest BCUT2D eigenvalue weighted by Crippen LogP contribution is 2.15. The molecule has 1 aliphatic rings. The Morgan fingerprint density at radius 1 is 1.65 bits per heavy atom. The van der Waals surface area contributed by atoms with E-state index >= 15 is 0 Å². The molecule has 1 aromatic heterocycles. The lowest BCUT2D eigenvalue weighted by Crippen LogP contribution is -2.44. The number of carbonyl (C=O) groups excluding carboxylic acids is 1. The number of hydrogen-bond donors (Lipinski definition) is 1. The molecule has 1 atom stereocenters. The van der Waals surface area contributed by atoms with Crippen LogP contribution in [0.3, 0.4) is 0 Å². The minimum Gasteiger partial charge on any atom is -0.393 e. The maximum atomic E-state index is 12.2. The molecule has 0 fully saturated rings. The van der Waals surface area contributed by atoms with E-state index in [-0.39, 0.29) is 16.8 Å². The summed E-state index contributed by atoms with van der Waals surface area (Å²) in [5.74, 6) is 0.600. The van der Waals surface area contributed by atoms with Crippen LogP contribution in [0.4, 0.5) is 0 Å². The Hall–Kier alpha value is -1.43. The molecule has 0 aromatic carbocycles. The molecule has 2 rings (SSSR count). The van der Waals surface area contributed by atoms with Crippen LogP contribution in [0.2, 0.25) is 0 Å². The SMILES string of the molecule is CCC(C(=O)N1CCn2ccnc2C1)C(N)=S. The van der Waals surface area contributed by atoms with Crippen molar-refractivity contribution in [2.45, 2.75) is 26.4 Å². The van der Waals surface area contributed by atoms with Crippen molar-refractivity contribution in [2.75, 3.05) is 6.54 Å². The molecule has 0 saturated carbocycles. The van der Waals surface area contributed by atoms with Crippen LogP contribution in [-0.4, -0.2) is 31.9 Å². The van der Waals surface area contributed by atoms with Gasteiger partial charge in [-0.1, -0.05) is 19.1 Å². The summed E-state index contributed by atoms with van der Waals surface area (Å²) in [5.41, 5.74) is 5.59. The number of hydrogen-bond acceptors (Lipinski definition) is 3. The molecular formula is C11H16N4OS. The number of rotatable bonds is 3. The van der Waals surface area contributed by atoms with Crippen LogP contribution < -0.4 is 5.73 Å². The van der Waals surface area contributed by atoms with Crippen molar-refractivity contribution in [1.82, 2.24) is 14.5 Å². The zero-order chi connectivity index (χ0) is 12.4. The van der Waals surface area contributed by atoms with E-state index in [2.05, 4.69) is 9.55 Å². The second-order valence-electron chi connectivity index (χ2n) is 4.16. The third-order valence-corrected chi connectivity index (χ3v) is 3.39. The van der Waals surface area contributed by atoms with E-state index in [1.165, 1.54) is 0 Å². The zero-order valence-corrected chi connectivity index (χ0v) is 10.6. The van der Waals surface area contributed by atoms with E-state index < -0.39 is 0 Å². The molecule has 0 aliphatic carbocycles. The first-order valence-electron chi connectivity index (χ1n) is 5.71. The number of imidazole rings is 1. The van der Waals surface area contributed by atoms with Crippen LogP contribution >= 0.6 is 12.2 Å². The molecule has 2 N–H and O–H groups in total. The summed E-state index contributed by atoms with van der Waals surface area (Å²) in [6.45, 7) is 3.95. The summed E-state index contributed by atoms with van der Waals surface area (Å²) in [7, 11) is 0. The van der Waals surface area contributed by atoms with Gasteiger partial charge in [-0.15, -0.1) is 0 Å². The molecule has 6 heteroatoms. The number of aromatic nitrogens is 2. The maximum Gasteiger partial charge on any atom is 0.232 e. The Bertz CT molecular complexity index is 442. The van der Waals surface area contributed by atoms with Gasteiger partial charge in [-0.3, -0.25) is 4.79 Å². The lowest BCUT2D eigenvalue weighted by atomic mass is 10.0. The molecule has 1 amide bonds. The highest BCUT2D eigenvalue weighted by atomic mass is 32.1. The van der Waals surface area contributed by atoms with Crippen LogP contribution in [0, 0.1) is 5.92 Å². The minimum atomic E-state index is -0.341. The fraction of sp³-hybridized carbons (Fsp3) is 0.545. The number of nitrogens with two attached hydrogens (primary N) is 1. The molecule has 1 unspecified atom stereocenters. The van der Waals surface area contributed by atoms with Crippen molar-refractivity contribution < 1.29 is 4.79 Å². The molecule has 5 nitrogen and oxygen atoms in total. The van der Waals surface area contributed by atoms with E-state index in [0.717, 1.165) is 12.4 Å². The van der Waals surface area contributed by atoms with Crippen LogP contribution in [-0.2, 0) is 17.9 Å². The topological polar surface area (TPSA) is 64.2 Å². The standard InChI is InChI=1S/C11H16N4OS/c1-2-8(10(12)17)11(16)15-6-5-14-4-3-13-9(14)7-15/h3-4,8H,2,5-7H2,1H3,(H2,12,17). The first-order chi connectivity index (χ1) is 8.13. The minimum absolute atomic E-state index is 0.0225. The van der Waals surface area contributed by atoms with Gasteiger partial charge in [0.1, 0.15) is 5.82 Å². The highest BCUT2D eigenvalue weighted by Gasteiger charge is 2.28. The third-order valence-electron chi connectivity index (χ3n) is 3.11. The first-order valence-corrected chi connectivity index (χ1v) is 6.12. The maximum absolute atomic E-state index is 12.2. The second-order valence-corrected chi connectivity index (χ2v) is 4.63. The van der Waals surface area contributed by atoms with Gasteiger partial charge in [0, 0.05) is 25.5 Å². The summed E-state index contributed by atoms with van der Waals surface area (Å²) in [6, 6.07) is 0. The predicted molar refractivity (Wildman–Crippen MR) is 68.2 cm³/mol. The quantitative estimate of drug-likeness (QED) is 0.797. The van der Waals surface area contributed by atoms with E-state index in [4.69, 9.17) is 18.0 Å². The van der Waals surface area contributed by atoms with Crippen LogP contribution in [0.5, 0.6) is 0 Å². The van der Waals surface area contributed by atoms with Gasteiger partial charge in [0.05, 0.1) is 17.5 Å². The molecule has 1 aromatic rings. The Kier molecular flexibility index (Phi) is 3.42. The van der Waals surface area contributed by atoms with Gasteiger partial charge in [-0.05, 0) is 6.42 Å². The monoisotopic (exact) mass is 252 g/mol. The van der Waals surface area contributed by atoms with Crippen LogP contribution in [0.25, 0.3) is 0 Å². The van der Waals surface area contributed by atoms with Crippen molar-refractivity contribution in [3.63, 3.8) is 0 Å². The third kappa shape index (κ3) is 2.31. The average Bonchev–Trinajstić information content (AvgIpc) is 2.75. The van der Waals surface area contributed by atoms with Gasteiger partial charge in [-0.25, -0.2) is 4.98 Å². The zero-order valence-electron chi connectivity index (χ0n) is 9.80. The Morgan fingerprint density at radius 2 is 2.41 bits per heavy atom. The van der Waals surface area contributed by atoms with Gasteiger partial charge < -0.3 is 15.2 Å². The summed E-state index contributed by atoms with van der Waals surface area (Å²) >= 11 is 4.93. The molecule has 0 saturated heterocycles. The Balaban J connectivity index is 2.10. The van der Waals surface area contributed by atoms with Crippen molar-refractivity contribution >= 4 is 23.1 Å². The summed E-state index contributed by atoms with van der Waals surface area (Å²) < 4.78 is 2.06. The van der Waals surface area contributed by atoms with Gasteiger partial charge in [-0.2, -0.15) is 0 Å². The fourth-order valence-corrected chi connectivity index (χ4v) is 2.35. The summed E-state index contributed by atoms with van der Waals surface area (Å²) in [6.07, 6.45) is 4.34. The van der Waals surface area contributed by atoms with Crippen LogP contribution in [0.15, 0.2) is 12.4 Å². The molecule has 0 bridgehead atoms. The molecule has 0 spiro atoms. The van der Waals surface area contributed by atoms with Gasteiger partial charge in [0.2, 0.25) is 5.91 Å². The molecule has 1 aliphatic heterocycles. The number of amides is 1. The molecule has 17 heavy (non-hydrogen) atoms. The predicted octanol–water partition coefficient (Wildman–Crippen LogP) is 0.538. The Labute approximate surface area is 106 Å². The second kappa shape index (κ2) is 4.83. The van der Waals surface area contributed by atoms with Crippen molar-refractivity contribution in [3.05, 3.63) is 18.2 Å². The smallest absolute Gasteiger partial charge is 0.232 e. The molecule has 92 valence electrons. The Morgan fingerprint density at radius 3 is 3.06 bits per heavy atom. The molecular weight excluding hydrogens is 236 g/mol. The van der Waals surface area contributed by atoms with E-state index in [1.807, 2.05) is 13.1 Å². The van der Waals surface area contributed by atoms with E-state index in [9.17, 15) is 4.79 Å². The average molecular weight is 252 g/mol. The van der Waals surface area contributed by atoms with E-state index in [1.54, 1.807) is 11.1 Å². The van der Waals surface area contributed by atoms with Crippen molar-refractivity contribution in [3.8, 4) is 0 Å².